The van der Waals surface area contributed by atoms with Crippen LogP contribution in [-0.2, 0) is 4.84 Å². The Bertz CT molecular complexity index is 70.4. The molecular weight excluding hydrogens is 149 g/mol. The molecule has 0 aliphatic heterocycles. The van der Waals surface area contributed by atoms with Crippen molar-refractivity contribution in [3.8, 4) is 0 Å². The van der Waals surface area contributed by atoms with Crippen molar-refractivity contribution in [1.29, 1.82) is 0 Å². The van der Waals surface area contributed by atoms with Crippen molar-refractivity contribution in [2.75, 3.05) is 6.61 Å². The molecule has 4 heteroatoms. The molecule has 0 aromatic carbocycles. The molecule has 0 saturated heterocycles. The molecule has 0 aromatic rings. The predicted molar refractivity (Wildman–Crippen MR) is 37.0 cm³/mol. The van der Waals surface area contributed by atoms with Crippen LogP contribution in [0.25, 0.3) is 0 Å². The zero-order valence-corrected chi connectivity index (χ0v) is 6.13. The molecule has 0 fully saturated rings. The number of halogens is 2. The number of hydrogen-bond donors (Lipinski definition) is 1. The van der Waals surface area contributed by atoms with E-state index in [0.29, 0.717) is 11.6 Å². The van der Waals surface area contributed by atoms with Crippen LogP contribution < -0.4 is 5.90 Å². The minimum Gasteiger partial charge on any atom is -0.300 e. The maximum absolute atomic E-state index is 5.38. The van der Waals surface area contributed by atoms with Crippen LogP contribution in [0.2, 0.25) is 0 Å². The molecule has 0 atom stereocenters. The van der Waals surface area contributed by atoms with Gasteiger partial charge in [0.05, 0.1) is 6.61 Å². The molecule has 0 aliphatic carbocycles. The number of hydrogen-bond acceptors (Lipinski definition) is 2. The summed E-state index contributed by atoms with van der Waals surface area (Å²) in [4.78, 5) is 4.19. The lowest BCUT2D eigenvalue weighted by atomic mass is 10.5. The third-order valence-electron chi connectivity index (χ3n) is 0.461. The van der Waals surface area contributed by atoms with E-state index in [9.17, 15) is 0 Å². The van der Waals surface area contributed by atoms with E-state index in [4.69, 9.17) is 11.6 Å². The summed E-state index contributed by atoms with van der Waals surface area (Å²) < 4.78 is 0. The highest BCUT2D eigenvalue weighted by Gasteiger charge is 1.75. The van der Waals surface area contributed by atoms with Crippen molar-refractivity contribution in [3.63, 3.8) is 0 Å². The lowest BCUT2D eigenvalue weighted by Gasteiger charge is -1.85. The lowest BCUT2D eigenvalue weighted by Crippen LogP contribution is -1.97. The zero-order chi connectivity index (χ0) is 5.70. The van der Waals surface area contributed by atoms with Crippen molar-refractivity contribution in [2.45, 2.75) is 6.92 Å². The molecule has 0 amide bonds. The van der Waals surface area contributed by atoms with Crippen LogP contribution in [-0.4, -0.2) is 6.61 Å². The van der Waals surface area contributed by atoms with E-state index in [1.54, 1.807) is 13.0 Å². The summed E-state index contributed by atoms with van der Waals surface area (Å²) in [5.74, 6) is 4.67. The third kappa shape index (κ3) is 9.53. The van der Waals surface area contributed by atoms with Crippen molar-refractivity contribution in [1.82, 2.24) is 0 Å². The van der Waals surface area contributed by atoms with Crippen LogP contribution >= 0.6 is 24.0 Å². The van der Waals surface area contributed by atoms with Gasteiger partial charge in [0.1, 0.15) is 0 Å². The Morgan fingerprint density at radius 3 is 2.50 bits per heavy atom. The molecule has 0 bridgehead atoms. The molecule has 8 heavy (non-hydrogen) atoms. The van der Waals surface area contributed by atoms with Gasteiger partial charge in [-0.3, -0.25) is 0 Å². The molecule has 0 radical (unpaired) electrons. The maximum Gasteiger partial charge on any atom is 0.0874 e. The normalized spacial score (nSPS) is 10.6. The molecule has 0 aromatic heterocycles. The molecule has 2 nitrogen and oxygen atoms in total. The summed E-state index contributed by atoms with van der Waals surface area (Å²) in [6.07, 6.45) is 1.68. The van der Waals surface area contributed by atoms with Gasteiger partial charge < -0.3 is 4.84 Å². The molecule has 0 spiro atoms. The molecule has 2 N–H and O–H groups in total. The van der Waals surface area contributed by atoms with E-state index < -0.39 is 0 Å². The van der Waals surface area contributed by atoms with Gasteiger partial charge in [-0.2, -0.15) is 0 Å². The Kier molecular flexibility index (Phi) is 10.0. The van der Waals surface area contributed by atoms with Gasteiger partial charge in [0, 0.05) is 5.03 Å². The summed E-state index contributed by atoms with van der Waals surface area (Å²) in [7, 11) is 0. The molecule has 0 saturated carbocycles. The quantitative estimate of drug-likeness (QED) is 0.617. The minimum atomic E-state index is 0. The van der Waals surface area contributed by atoms with Gasteiger partial charge in [-0.05, 0) is 13.0 Å². The standard InChI is InChI=1S/C4H8ClNO.ClH/c1-4(5)2-3-7-6;/h2H,3,6H2,1H3;1H/b4-2-;. The first-order valence-electron chi connectivity index (χ1n) is 1.91. The Morgan fingerprint density at radius 2 is 2.38 bits per heavy atom. The second-order valence-electron chi connectivity index (χ2n) is 1.12. The van der Waals surface area contributed by atoms with Crippen LogP contribution in [0.15, 0.2) is 11.1 Å². The number of nitrogens with two attached hydrogens (primary N) is 1. The van der Waals surface area contributed by atoms with Gasteiger partial charge >= 0.3 is 0 Å². The molecule has 0 unspecified atom stereocenters. The topological polar surface area (TPSA) is 35.2 Å². The van der Waals surface area contributed by atoms with E-state index in [0.717, 1.165) is 0 Å². The largest absolute Gasteiger partial charge is 0.300 e. The molecule has 0 heterocycles. The summed E-state index contributed by atoms with van der Waals surface area (Å²) in [5.41, 5.74) is 0. The predicted octanol–water partition coefficient (Wildman–Crippen LogP) is 1.44. The second-order valence-corrected chi connectivity index (χ2v) is 1.72. The van der Waals surface area contributed by atoms with Gasteiger partial charge in [0.2, 0.25) is 0 Å². The first-order chi connectivity index (χ1) is 3.27. The molecule has 0 rings (SSSR count). The Labute approximate surface area is 60.0 Å². The molecule has 50 valence electrons. The van der Waals surface area contributed by atoms with Crippen molar-refractivity contribution >= 4 is 24.0 Å². The van der Waals surface area contributed by atoms with Crippen LogP contribution in [0.4, 0.5) is 0 Å². The third-order valence-corrected chi connectivity index (χ3v) is 0.615. The summed E-state index contributed by atoms with van der Waals surface area (Å²) in [6.45, 7) is 2.15. The van der Waals surface area contributed by atoms with Gasteiger partial charge in [0.15, 0.2) is 0 Å². The Balaban J connectivity index is 0. The minimum absolute atomic E-state index is 0. The fraction of sp³-hybridized carbons (Fsp3) is 0.500. The summed E-state index contributed by atoms with van der Waals surface area (Å²) >= 11 is 5.38. The van der Waals surface area contributed by atoms with E-state index in [-0.39, 0.29) is 12.4 Å². The van der Waals surface area contributed by atoms with Crippen molar-refractivity contribution in [3.05, 3.63) is 11.1 Å². The zero-order valence-electron chi connectivity index (χ0n) is 4.56. The smallest absolute Gasteiger partial charge is 0.0874 e. The van der Waals surface area contributed by atoms with Gasteiger partial charge in [-0.25, -0.2) is 5.90 Å². The second kappa shape index (κ2) is 7.24. The fourth-order valence-electron chi connectivity index (χ4n) is 0.163. The highest BCUT2D eigenvalue weighted by atomic mass is 35.5. The van der Waals surface area contributed by atoms with E-state index in [1.165, 1.54) is 0 Å². The van der Waals surface area contributed by atoms with Gasteiger partial charge in [-0.15, -0.1) is 12.4 Å². The number of allylic oxidation sites excluding steroid dienone is 1. The average Bonchev–Trinajstić information content (AvgIpc) is 1.61. The van der Waals surface area contributed by atoms with Crippen molar-refractivity contribution < 1.29 is 4.84 Å². The van der Waals surface area contributed by atoms with Crippen LogP contribution in [0, 0.1) is 0 Å². The van der Waals surface area contributed by atoms with E-state index >= 15 is 0 Å². The summed E-state index contributed by atoms with van der Waals surface area (Å²) in [6, 6.07) is 0. The van der Waals surface area contributed by atoms with Crippen LogP contribution in [0.1, 0.15) is 6.92 Å². The van der Waals surface area contributed by atoms with Gasteiger partial charge in [0.25, 0.3) is 0 Å². The average molecular weight is 158 g/mol. The first-order valence-corrected chi connectivity index (χ1v) is 2.29. The Morgan fingerprint density at radius 1 is 1.88 bits per heavy atom. The highest BCUT2D eigenvalue weighted by Crippen LogP contribution is 1.95. The summed E-state index contributed by atoms with van der Waals surface area (Å²) in [5, 5.41) is 0.699. The SMILES string of the molecule is C/C(Cl)=C/CON.Cl. The van der Waals surface area contributed by atoms with E-state index in [2.05, 4.69) is 10.7 Å². The van der Waals surface area contributed by atoms with Crippen molar-refractivity contribution in [2.24, 2.45) is 5.90 Å². The monoisotopic (exact) mass is 157 g/mol. The highest BCUT2D eigenvalue weighted by molar-refractivity contribution is 6.29. The van der Waals surface area contributed by atoms with Crippen LogP contribution in [0.5, 0.6) is 0 Å². The Hall–Kier alpha value is 0.240. The lowest BCUT2D eigenvalue weighted by molar-refractivity contribution is 0.167. The van der Waals surface area contributed by atoms with Gasteiger partial charge in [-0.1, -0.05) is 11.6 Å². The molecular formula is C4H9Cl2NO. The number of rotatable bonds is 2. The fourth-order valence-corrected chi connectivity index (χ4v) is 0.226. The van der Waals surface area contributed by atoms with Crippen LogP contribution in [0.3, 0.4) is 0 Å². The van der Waals surface area contributed by atoms with E-state index in [1.807, 2.05) is 0 Å². The maximum atomic E-state index is 5.38. The first kappa shape index (κ1) is 11.1. The molecule has 0 aliphatic rings.